The van der Waals surface area contributed by atoms with Crippen LogP contribution in [0.25, 0.3) is 0 Å². The molecule has 2 saturated heterocycles. The van der Waals surface area contributed by atoms with Crippen molar-refractivity contribution in [3.63, 3.8) is 0 Å². The van der Waals surface area contributed by atoms with Crippen LogP contribution in [0.15, 0.2) is 48.5 Å². The van der Waals surface area contributed by atoms with Gasteiger partial charge >= 0.3 is 6.18 Å². The number of hydrogen-bond acceptors (Lipinski definition) is 3. The first kappa shape index (κ1) is 28.6. The van der Waals surface area contributed by atoms with Gasteiger partial charge in [-0.1, -0.05) is 44.2 Å². The van der Waals surface area contributed by atoms with Crippen LogP contribution in [0.1, 0.15) is 60.5 Å². The Morgan fingerprint density at radius 2 is 1.69 bits per heavy atom. The maximum Gasteiger partial charge on any atom is 0.416 e. The predicted octanol–water partition coefficient (Wildman–Crippen LogP) is 4.85. The second-order valence-electron chi connectivity index (χ2n) is 11.0. The fourth-order valence-corrected chi connectivity index (χ4v) is 5.78. The van der Waals surface area contributed by atoms with Gasteiger partial charge in [-0.25, -0.2) is 4.39 Å². The van der Waals surface area contributed by atoms with E-state index in [4.69, 9.17) is 0 Å². The lowest BCUT2D eigenvalue weighted by molar-refractivity contribution is -0.143. The summed E-state index contributed by atoms with van der Waals surface area (Å²) < 4.78 is 53.7. The number of likely N-dealkylation sites (tertiary alicyclic amines) is 2. The molecular formula is C29H33F4N3O3. The molecule has 2 fully saturated rings. The lowest BCUT2D eigenvalue weighted by atomic mass is 9.62. The molecule has 1 unspecified atom stereocenters. The highest BCUT2D eigenvalue weighted by atomic mass is 19.4. The maximum absolute atomic E-state index is 14.3. The molecule has 2 atom stereocenters. The molecule has 4 rings (SSSR count). The zero-order chi connectivity index (χ0) is 28.5. The number of halogens is 4. The van der Waals surface area contributed by atoms with Crippen LogP contribution in [-0.2, 0) is 15.8 Å². The van der Waals surface area contributed by atoms with Crippen molar-refractivity contribution in [3.8, 4) is 0 Å². The summed E-state index contributed by atoms with van der Waals surface area (Å²) in [6.07, 6.45) is -3.17. The summed E-state index contributed by atoms with van der Waals surface area (Å²) in [7, 11) is 1.80. The summed E-state index contributed by atoms with van der Waals surface area (Å²) in [4.78, 5) is 42.4. The molecule has 6 nitrogen and oxygen atoms in total. The number of piperidine rings is 2. The SMILES string of the molecule is CC(C)[C@H](NC(=O)c1cc(C(F)(F)F)ccc1F)C(=O)N1CCC2(CC1)CC(=O)N(C)CC2c1ccccc1. The van der Waals surface area contributed by atoms with E-state index < -0.39 is 41.0 Å². The number of amides is 3. The second kappa shape index (κ2) is 11.0. The molecule has 0 bridgehead atoms. The lowest BCUT2D eigenvalue weighted by Gasteiger charge is -2.51. The van der Waals surface area contributed by atoms with E-state index in [-0.39, 0.29) is 23.1 Å². The highest BCUT2D eigenvalue weighted by Gasteiger charge is 2.48. The van der Waals surface area contributed by atoms with E-state index in [1.54, 1.807) is 30.7 Å². The van der Waals surface area contributed by atoms with Crippen LogP contribution in [0, 0.1) is 17.2 Å². The summed E-state index contributed by atoms with van der Waals surface area (Å²) in [5.74, 6) is -2.77. The minimum absolute atomic E-state index is 0.0670. The highest BCUT2D eigenvalue weighted by Crippen LogP contribution is 2.50. The van der Waals surface area contributed by atoms with Gasteiger partial charge in [0.25, 0.3) is 5.91 Å². The lowest BCUT2D eigenvalue weighted by Crippen LogP contribution is -2.57. The van der Waals surface area contributed by atoms with Gasteiger partial charge in [-0.05, 0) is 47.9 Å². The molecular weight excluding hydrogens is 514 g/mol. The number of likely N-dealkylation sites (N-methyl/N-ethyl adjacent to an activating group) is 1. The molecule has 210 valence electrons. The van der Waals surface area contributed by atoms with Crippen LogP contribution >= 0.6 is 0 Å². The number of carbonyl (C=O) groups is 3. The van der Waals surface area contributed by atoms with Gasteiger partial charge < -0.3 is 15.1 Å². The molecule has 0 radical (unpaired) electrons. The van der Waals surface area contributed by atoms with Crippen molar-refractivity contribution in [2.75, 3.05) is 26.7 Å². The Kier molecular flexibility index (Phi) is 8.04. The standard InChI is InChI=1S/C29H33F4N3O3/c1-18(2)25(34-26(38)21-15-20(29(31,32)33)9-10-23(21)30)27(39)36-13-11-28(12-14-36)16-24(37)35(3)17-22(28)19-7-5-4-6-8-19/h4-10,15,18,22,25H,11-14,16-17H2,1-3H3,(H,34,38)/t22?,25-/m0/s1. The number of benzene rings is 2. The average Bonchev–Trinajstić information content (AvgIpc) is 2.89. The van der Waals surface area contributed by atoms with Crippen molar-refractivity contribution >= 4 is 17.7 Å². The number of alkyl halides is 3. The first-order valence-corrected chi connectivity index (χ1v) is 13.1. The number of hydrogen-bond donors (Lipinski definition) is 1. The minimum atomic E-state index is -4.74. The Labute approximate surface area is 225 Å². The van der Waals surface area contributed by atoms with E-state index >= 15 is 0 Å². The van der Waals surface area contributed by atoms with Crippen molar-refractivity contribution < 1.29 is 31.9 Å². The van der Waals surface area contributed by atoms with Crippen LogP contribution in [0.4, 0.5) is 17.6 Å². The Hall–Kier alpha value is -3.43. The molecule has 10 heteroatoms. The van der Waals surface area contributed by atoms with Crippen molar-refractivity contribution in [3.05, 3.63) is 71.0 Å². The first-order valence-electron chi connectivity index (χ1n) is 13.1. The molecule has 1 N–H and O–H groups in total. The maximum atomic E-state index is 14.3. The van der Waals surface area contributed by atoms with Gasteiger partial charge in [0, 0.05) is 39.0 Å². The molecule has 2 aliphatic rings. The van der Waals surface area contributed by atoms with Crippen molar-refractivity contribution in [2.45, 2.75) is 51.2 Å². The zero-order valence-electron chi connectivity index (χ0n) is 22.2. The molecule has 0 saturated carbocycles. The van der Waals surface area contributed by atoms with Crippen LogP contribution in [0.3, 0.4) is 0 Å². The number of carbonyl (C=O) groups excluding carboxylic acids is 3. The van der Waals surface area contributed by atoms with E-state index in [1.165, 1.54) is 0 Å². The summed E-state index contributed by atoms with van der Waals surface area (Å²) in [6, 6.07) is 10.6. The monoisotopic (exact) mass is 547 g/mol. The highest BCUT2D eigenvalue weighted by molar-refractivity contribution is 5.98. The van der Waals surface area contributed by atoms with Crippen LogP contribution in [0.5, 0.6) is 0 Å². The van der Waals surface area contributed by atoms with Crippen molar-refractivity contribution in [1.29, 1.82) is 0 Å². The Bertz CT molecular complexity index is 1220. The second-order valence-corrected chi connectivity index (χ2v) is 11.0. The van der Waals surface area contributed by atoms with E-state index in [9.17, 15) is 31.9 Å². The Morgan fingerprint density at radius 3 is 2.28 bits per heavy atom. The van der Waals surface area contributed by atoms with E-state index in [2.05, 4.69) is 17.4 Å². The van der Waals surface area contributed by atoms with E-state index in [0.29, 0.717) is 57.1 Å². The predicted molar refractivity (Wildman–Crippen MR) is 137 cm³/mol. The number of nitrogens with one attached hydrogen (secondary N) is 1. The van der Waals surface area contributed by atoms with Crippen molar-refractivity contribution in [1.82, 2.24) is 15.1 Å². The van der Waals surface area contributed by atoms with Crippen molar-refractivity contribution in [2.24, 2.45) is 11.3 Å². The topological polar surface area (TPSA) is 69.7 Å². The van der Waals surface area contributed by atoms with Gasteiger partial charge in [-0.2, -0.15) is 13.2 Å². The molecule has 1 spiro atoms. The number of rotatable bonds is 5. The fraction of sp³-hybridized carbons (Fsp3) is 0.483. The third kappa shape index (κ3) is 5.94. The molecule has 2 aromatic rings. The fourth-order valence-electron chi connectivity index (χ4n) is 5.78. The van der Waals surface area contributed by atoms with Gasteiger partial charge in [-0.3, -0.25) is 14.4 Å². The molecule has 2 aromatic carbocycles. The normalized spacial score (nSPS) is 20.3. The van der Waals surface area contributed by atoms with Crippen LogP contribution in [0.2, 0.25) is 0 Å². The van der Waals surface area contributed by atoms with Gasteiger partial charge in [0.05, 0.1) is 11.1 Å². The van der Waals surface area contributed by atoms with Gasteiger partial charge in [0.2, 0.25) is 11.8 Å². The Morgan fingerprint density at radius 1 is 1.05 bits per heavy atom. The summed E-state index contributed by atoms with van der Waals surface area (Å²) >= 11 is 0. The molecule has 0 aromatic heterocycles. The minimum Gasteiger partial charge on any atom is -0.345 e. The van der Waals surface area contributed by atoms with Gasteiger partial charge in [0.1, 0.15) is 11.9 Å². The Balaban J connectivity index is 1.50. The van der Waals surface area contributed by atoms with Crippen LogP contribution in [-0.4, -0.2) is 60.2 Å². The van der Waals surface area contributed by atoms with Gasteiger partial charge in [0.15, 0.2) is 0 Å². The largest absolute Gasteiger partial charge is 0.416 e. The van der Waals surface area contributed by atoms with E-state index in [1.807, 2.05) is 18.2 Å². The zero-order valence-corrected chi connectivity index (χ0v) is 22.2. The van der Waals surface area contributed by atoms with E-state index in [0.717, 1.165) is 5.56 Å². The summed E-state index contributed by atoms with van der Waals surface area (Å²) in [5, 5.41) is 2.47. The molecule has 0 aliphatic carbocycles. The summed E-state index contributed by atoms with van der Waals surface area (Å²) in [6.45, 7) is 4.74. The third-order valence-electron chi connectivity index (χ3n) is 8.16. The summed E-state index contributed by atoms with van der Waals surface area (Å²) in [5.41, 5.74) is -1.08. The van der Waals surface area contributed by atoms with Gasteiger partial charge in [-0.15, -0.1) is 0 Å². The average molecular weight is 548 g/mol. The molecule has 39 heavy (non-hydrogen) atoms. The molecule has 2 aliphatic heterocycles. The molecule has 2 heterocycles. The smallest absolute Gasteiger partial charge is 0.345 e. The first-order chi connectivity index (χ1) is 18.3. The molecule has 3 amide bonds. The van der Waals surface area contributed by atoms with Crippen LogP contribution < -0.4 is 5.32 Å². The quantitative estimate of drug-likeness (QED) is 0.544. The third-order valence-corrected chi connectivity index (χ3v) is 8.16. The number of nitrogens with zero attached hydrogens (tertiary/aromatic N) is 2.